The van der Waals surface area contributed by atoms with Crippen molar-refractivity contribution >= 4 is 5.91 Å². The van der Waals surface area contributed by atoms with E-state index in [0.717, 1.165) is 17.7 Å². The van der Waals surface area contributed by atoms with Crippen LogP contribution in [0.5, 0.6) is 11.5 Å². The lowest BCUT2D eigenvalue weighted by molar-refractivity contribution is -0.137. The number of amides is 1. The summed E-state index contributed by atoms with van der Waals surface area (Å²) in [7, 11) is 1.56. The van der Waals surface area contributed by atoms with Crippen molar-refractivity contribution in [3.05, 3.63) is 59.7 Å². The minimum atomic E-state index is -4.42. The molecule has 2 aromatic rings. The maximum atomic E-state index is 12.5. The molecule has 0 saturated carbocycles. The van der Waals surface area contributed by atoms with Crippen LogP contribution in [0.2, 0.25) is 0 Å². The smallest absolute Gasteiger partial charge is 0.416 e. The number of carbonyl (C=O) groups is 1. The monoisotopic (exact) mass is 427 g/mol. The number of nitrogens with one attached hydrogen (secondary N) is 1. The Kier molecular flexibility index (Phi) is 8.49. The first-order valence-electron chi connectivity index (χ1n) is 9.19. The summed E-state index contributed by atoms with van der Waals surface area (Å²) in [6.45, 7) is 1.52. The second-order valence-electron chi connectivity index (χ2n) is 6.54. The van der Waals surface area contributed by atoms with E-state index in [1.807, 2.05) is 12.1 Å². The van der Waals surface area contributed by atoms with Gasteiger partial charge >= 0.3 is 6.18 Å². The lowest BCUT2D eigenvalue weighted by atomic mass is 10.2. The Balaban J connectivity index is 1.70. The topological polar surface area (TPSA) is 77.0 Å². The van der Waals surface area contributed by atoms with Crippen LogP contribution in [0.3, 0.4) is 0 Å². The van der Waals surface area contributed by atoms with E-state index in [1.165, 1.54) is 12.1 Å². The van der Waals surface area contributed by atoms with E-state index in [0.29, 0.717) is 5.75 Å². The van der Waals surface area contributed by atoms with E-state index in [2.05, 4.69) is 5.32 Å². The summed E-state index contributed by atoms with van der Waals surface area (Å²) >= 11 is 0. The molecule has 2 rings (SSSR count). The minimum absolute atomic E-state index is 0.0909. The number of carbonyl (C=O) groups excluding carboxylic acids is 1. The molecule has 1 amide bonds. The molecule has 2 aromatic carbocycles. The van der Waals surface area contributed by atoms with Gasteiger partial charge < -0.3 is 24.6 Å². The second kappa shape index (κ2) is 10.8. The van der Waals surface area contributed by atoms with Gasteiger partial charge in [0.15, 0.2) is 0 Å². The van der Waals surface area contributed by atoms with E-state index in [9.17, 15) is 23.1 Å². The molecule has 6 nitrogen and oxygen atoms in total. The van der Waals surface area contributed by atoms with Crippen molar-refractivity contribution in [3.63, 3.8) is 0 Å². The fraction of sp³-hybridized carbons (Fsp3) is 0.381. The number of ether oxygens (including phenoxy) is 3. The van der Waals surface area contributed by atoms with Crippen molar-refractivity contribution < 1.29 is 37.3 Å². The van der Waals surface area contributed by atoms with Gasteiger partial charge in [-0.25, -0.2) is 0 Å². The predicted molar refractivity (Wildman–Crippen MR) is 103 cm³/mol. The lowest BCUT2D eigenvalue weighted by Crippen LogP contribution is -2.40. The summed E-state index contributed by atoms with van der Waals surface area (Å²) in [4.78, 5) is 12.1. The standard InChI is InChI=1S/C21H24F3NO5/c1-14(29-12-15-4-3-5-19(10-15)28-2)20(27)25-11-17(26)13-30-18-8-6-16(7-9-18)21(22,23)24/h3-10,14,17,26H,11-13H2,1-2H3,(H,25,27). The molecule has 0 bridgehead atoms. The highest BCUT2D eigenvalue weighted by atomic mass is 19.4. The third kappa shape index (κ3) is 7.57. The first-order valence-corrected chi connectivity index (χ1v) is 9.19. The van der Waals surface area contributed by atoms with Crippen LogP contribution in [-0.2, 0) is 22.3 Å². The van der Waals surface area contributed by atoms with Gasteiger partial charge in [0.1, 0.15) is 30.3 Å². The molecule has 0 spiro atoms. The largest absolute Gasteiger partial charge is 0.497 e. The normalized spacial score (nSPS) is 13.4. The van der Waals surface area contributed by atoms with Gasteiger partial charge in [0.2, 0.25) is 5.91 Å². The van der Waals surface area contributed by atoms with Gasteiger partial charge in [-0.05, 0) is 48.9 Å². The SMILES string of the molecule is COc1cccc(COC(C)C(=O)NCC(O)COc2ccc(C(F)(F)F)cc2)c1. The number of alkyl halides is 3. The number of hydrogen-bond donors (Lipinski definition) is 2. The summed E-state index contributed by atoms with van der Waals surface area (Å²) in [6, 6.07) is 11.4. The van der Waals surface area contributed by atoms with Gasteiger partial charge in [-0.15, -0.1) is 0 Å². The average Bonchev–Trinajstić information content (AvgIpc) is 2.74. The number of methoxy groups -OCH3 is 1. The van der Waals surface area contributed by atoms with Crippen molar-refractivity contribution in [2.45, 2.75) is 31.9 Å². The number of hydrogen-bond acceptors (Lipinski definition) is 5. The van der Waals surface area contributed by atoms with E-state index >= 15 is 0 Å². The number of rotatable bonds is 10. The van der Waals surface area contributed by atoms with E-state index in [1.54, 1.807) is 26.2 Å². The molecule has 0 radical (unpaired) electrons. The van der Waals surface area contributed by atoms with Crippen LogP contribution in [0, 0.1) is 0 Å². The van der Waals surface area contributed by atoms with E-state index in [-0.39, 0.29) is 25.5 Å². The number of aliphatic hydroxyl groups is 1. The first kappa shape index (κ1) is 23.5. The van der Waals surface area contributed by atoms with Crippen LogP contribution in [0.4, 0.5) is 13.2 Å². The predicted octanol–water partition coefficient (Wildman–Crippen LogP) is 3.18. The van der Waals surface area contributed by atoms with Crippen LogP contribution in [0.25, 0.3) is 0 Å². The van der Waals surface area contributed by atoms with E-state index in [4.69, 9.17) is 14.2 Å². The Bertz CT molecular complexity index is 811. The minimum Gasteiger partial charge on any atom is -0.497 e. The molecule has 9 heteroatoms. The van der Waals surface area contributed by atoms with Gasteiger partial charge in [0.05, 0.1) is 19.3 Å². The van der Waals surface area contributed by atoms with Gasteiger partial charge in [-0.2, -0.15) is 13.2 Å². The molecule has 0 aliphatic carbocycles. The fourth-order valence-corrected chi connectivity index (χ4v) is 2.41. The highest BCUT2D eigenvalue weighted by Gasteiger charge is 2.30. The quantitative estimate of drug-likeness (QED) is 0.609. The van der Waals surface area contributed by atoms with Crippen molar-refractivity contribution in [2.24, 2.45) is 0 Å². The van der Waals surface area contributed by atoms with Crippen LogP contribution < -0.4 is 14.8 Å². The highest BCUT2D eigenvalue weighted by Crippen LogP contribution is 2.30. The zero-order chi connectivity index (χ0) is 22.1. The molecule has 0 saturated heterocycles. The first-order chi connectivity index (χ1) is 14.2. The summed E-state index contributed by atoms with van der Waals surface area (Å²) in [5, 5.41) is 12.5. The number of halogens is 3. The Morgan fingerprint density at radius 3 is 2.47 bits per heavy atom. The molecule has 0 aliphatic rings. The molecule has 0 aromatic heterocycles. The van der Waals surface area contributed by atoms with Crippen LogP contribution in [0.15, 0.2) is 48.5 Å². The van der Waals surface area contributed by atoms with Crippen molar-refractivity contribution in [1.82, 2.24) is 5.32 Å². The summed E-state index contributed by atoms with van der Waals surface area (Å²) < 4.78 is 53.5. The zero-order valence-electron chi connectivity index (χ0n) is 16.6. The zero-order valence-corrected chi connectivity index (χ0v) is 16.6. The maximum Gasteiger partial charge on any atom is 0.416 e. The third-order valence-electron chi connectivity index (χ3n) is 4.14. The Morgan fingerprint density at radius 1 is 1.13 bits per heavy atom. The Morgan fingerprint density at radius 2 is 1.83 bits per heavy atom. The Hall–Kier alpha value is -2.78. The summed E-state index contributed by atoms with van der Waals surface area (Å²) in [6.07, 6.45) is -6.21. The molecule has 0 aliphatic heterocycles. The van der Waals surface area contributed by atoms with Crippen LogP contribution in [0.1, 0.15) is 18.1 Å². The number of aliphatic hydroxyl groups excluding tert-OH is 1. The molecule has 2 unspecified atom stereocenters. The van der Waals surface area contributed by atoms with Gasteiger partial charge in [0.25, 0.3) is 0 Å². The van der Waals surface area contributed by atoms with Crippen LogP contribution in [-0.4, -0.2) is 43.5 Å². The van der Waals surface area contributed by atoms with Crippen molar-refractivity contribution in [2.75, 3.05) is 20.3 Å². The second-order valence-corrected chi connectivity index (χ2v) is 6.54. The third-order valence-corrected chi connectivity index (χ3v) is 4.14. The molecule has 30 heavy (non-hydrogen) atoms. The average molecular weight is 427 g/mol. The highest BCUT2D eigenvalue weighted by molar-refractivity contribution is 5.80. The van der Waals surface area contributed by atoms with Crippen molar-refractivity contribution in [3.8, 4) is 11.5 Å². The van der Waals surface area contributed by atoms with Gasteiger partial charge in [-0.3, -0.25) is 4.79 Å². The lowest BCUT2D eigenvalue weighted by Gasteiger charge is -2.17. The fourth-order valence-electron chi connectivity index (χ4n) is 2.41. The molecule has 2 atom stereocenters. The van der Waals surface area contributed by atoms with Crippen LogP contribution >= 0.6 is 0 Å². The summed E-state index contributed by atoms with van der Waals surface area (Å²) in [5.41, 5.74) is 0.0598. The Labute approximate surface area is 172 Å². The van der Waals surface area contributed by atoms with Gasteiger partial charge in [-0.1, -0.05) is 12.1 Å². The van der Waals surface area contributed by atoms with Gasteiger partial charge in [0, 0.05) is 6.54 Å². The molecule has 0 heterocycles. The van der Waals surface area contributed by atoms with Crippen molar-refractivity contribution in [1.29, 1.82) is 0 Å². The molecular weight excluding hydrogens is 403 g/mol. The van der Waals surface area contributed by atoms with E-state index < -0.39 is 29.9 Å². The molecule has 2 N–H and O–H groups in total. The molecule has 164 valence electrons. The molecular formula is C21H24F3NO5. The summed E-state index contributed by atoms with van der Waals surface area (Å²) in [5.74, 6) is 0.458. The number of benzene rings is 2. The maximum absolute atomic E-state index is 12.5. The molecule has 0 fully saturated rings.